The Labute approximate surface area is 103 Å². The topological polar surface area (TPSA) is 35.5 Å². The van der Waals surface area contributed by atoms with Crippen molar-refractivity contribution in [2.75, 3.05) is 20.3 Å². The highest BCUT2D eigenvalue weighted by atomic mass is 16.5. The number of aryl methyl sites for hydroxylation is 1. The standard InChI is InChI=1S/C14H20O3/c1-3-17-11-10-13(15)7-4-12-5-8-14(16-2)9-6-12/h5-6,8-9H,3-4,7,10-11H2,1-2H3. The molecule has 0 radical (unpaired) electrons. The second-order valence-electron chi connectivity index (χ2n) is 3.83. The van der Waals surface area contributed by atoms with E-state index < -0.39 is 0 Å². The van der Waals surface area contributed by atoms with Gasteiger partial charge in [0.15, 0.2) is 0 Å². The third-order valence-corrected chi connectivity index (χ3v) is 2.58. The van der Waals surface area contributed by atoms with E-state index in [9.17, 15) is 4.79 Å². The van der Waals surface area contributed by atoms with E-state index in [-0.39, 0.29) is 5.78 Å². The maximum Gasteiger partial charge on any atom is 0.135 e. The highest BCUT2D eigenvalue weighted by Crippen LogP contribution is 2.12. The van der Waals surface area contributed by atoms with E-state index in [0.29, 0.717) is 26.1 Å². The zero-order valence-electron chi connectivity index (χ0n) is 10.6. The van der Waals surface area contributed by atoms with Crippen LogP contribution in [0.1, 0.15) is 25.3 Å². The summed E-state index contributed by atoms with van der Waals surface area (Å²) in [7, 11) is 1.65. The molecule has 0 aliphatic rings. The molecule has 0 amide bonds. The van der Waals surface area contributed by atoms with Crippen molar-refractivity contribution in [2.45, 2.75) is 26.2 Å². The normalized spacial score (nSPS) is 10.2. The van der Waals surface area contributed by atoms with Crippen LogP contribution in [0.15, 0.2) is 24.3 Å². The van der Waals surface area contributed by atoms with Gasteiger partial charge in [-0.3, -0.25) is 4.79 Å². The molecule has 0 bridgehead atoms. The SMILES string of the molecule is CCOCCC(=O)CCc1ccc(OC)cc1. The van der Waals surface area contributed by atoms with Crippen LogP contribution in [0.2, 0.25) is 0 Å². The van der Waals surface area contributed by atoms with E-state index in [1.165, 1.54) is 0 Å². The predicted octanol–water partition coefficient (Wildman–Crippen LogP) is 2.62. The average Bonchev–Trinajstić information content (AvgIpc) is 2.37. The Morgan fingerprint density at radius 2 is 1.88 bits per heavy atom. The molecule has 1 aromatic rings. The molecule has 0 unspecified atom stereocenters. The van der Waals surface area contributed by atoms with Gasteiger partial charge in [-0.1, -0.05) is 12.1 Å². The zero-order chi connectivity index (χ0) is 12.5. The van der Waals surface area contributed by atoms with Crippen LogP contribution in [0.3, 0.4) is 0 Å². The van der Waals surface area contributed by atoms with Crippen LogP contribution in [-0.4, -0.2) is 26.1 Å². The fourth-order valence-electron chi connectivity index (χ4n) is 1.53. The highest BCUT2D eigenvalue weighted by Gasteiger charge is 2.02. The molecule has 0 aromatic heterocycles. The third kappa shape index (κ3) is 5.50. The molecular formula is C14H20O3. The summed E-state index contributed by atoms with van der Waals surface area (Å²) in [6.07, 6.45) is 1.89. The van der Waals surface area contributed by atoms with Crippen molar-refractivity contribution in [3.63, 3.8) is 0 Å². The van der Waals surface area contributed by atoms with Gasteiger partial charge in [-0.25, -0.2) is 0 Å². The largest absolute Gasteiger partial charge is 0.497 e. The lowest BCUT2D eigenvalue weighted by Crippen LogP contribution is -2.05. The first-order chi connectivity index (χ1) is 8.26. The van der Waals surface area contributed by atoms with Crippen LogP contribution in [0.25, 0.3) is 0 Å². The summed E-state index contributed by atoms with van der Waals surface area (Å²) in [6.45, 7) is 3.14. The van der Waals surface area contributed by atoms with Crippen molar-refractivity contribution < 1.29 is 14.3 Å². The Morgan fingerprint density at radius 1 is 1.18 bits per heavy atom. The van der Waals surface area contributed by atoms with Gasteiger partial charge in [0.1, 0.15) is 11.5 Å². The Balaban J connectivity index is 2.27. The molecule has 0 atom stereocenters. The van der Waals surface area contributed by atoms with Gasteiger partial charge >= 0.3 is 0 Å². The van der Waals surface area contributed by atoms with Gasteiger partial charge in [0, 0.05) is 19.4 Å². The molecule has 0 aliphatic heterocycles. The van der Waals surface area contributed by atoms with Crippen LogP contribution in [0.4, 0.5) is 0 Å². The van der Waals surface area contributed by atoms with Crippen LogP contribution in [-0.2, 0) is 16.0 Å². The van der Waals surface area contributed by atoms with Crippen molar-refractivity contribution >= 4 is 5.78 Å². The fraction of sp³-hybridized carbons (Fsp3) is 0.500. The van der Waals surface area contributed by atoms with Crippen molar-refractivity contribution in [2.24, 2.45) is 0 Å². The quantitative estimate of drug-likeness (QED) is 0.651. The Hall–Kier alpha value is -1.35. The summed E-state index contributed by atoms with van der Waals surface area (Å²) in [5.41, 5.74) is 1.16. The molecular weight excluding hydrogens is 216 g/mol. The van der Waals surface area contributed by atoms with Gasteiger partial charge in [0.25, 0.3) is 0 Å². The number of carbonyl (C=O) groups is 1. The molecule has 0 heterocycles. The first-order valence-corrected chi connectivity index (χ1v) is 5.98. The molecule has 0 spiro atoms. The second kappa shape index (κ2) is 7.85. The second-order valence-corrected chi connectivity index (χ2v) is 3.83. The summed E-state index contributed by atoms with van der Waals surface area (Å²) in [6, 6.07) is 7.82. The van der Waals surface area contributed by atoms with Gasteiger partial charge in [-0.2, -0.15) is 0 Å². The highest BCUT2D eigenvalue weighted by molar-refractivity contribution is 5.78. The number of rotatable bonds is 8. The summed E-state index contributed by atoms with van der Waals surface area (Å²) >= 11 is 0. The molecule has 0 N–H and O–H groups in total. The van der Waals surface area contributed by atoms with Gasteiger partial charge in [0.05, 0.1) is 13.7 Å². The van der Waals surface area contributed by atoms with Crippen molar-refractivity contribution in [1.82, 2.24) is 0 Å². The van der Waals surface area contributed by atoms with Gasteiger partial charge in [-0.05, 0) is 31.0 Å². The molecule has 0 fully saturated rings. The molecule has 3 nitrogen and oxygen atoms in total. The Morgan fingerprint density at radius 3 is 2.47 bits per heavy atom. The molecule has 1 rings (SSSR count). The summed E-state index contributed by atoms with van der Waals surface area (Å²) in [4.78, 5) is 11.5. The number of hydrogen-bond donors (Lipinski definition) is 0. The maximum absolute atomic E-state index is 11.5. The van der Waals surface area contributed by atoms with Gasteiger partial charge in [-0.15, -0.1) is 0 Å². The van der Waals surface area contributed by atoms with E-state index in [2.05, 4.69) is 0 Å². The lowest BCUT2D eigenvalue weighted by atomic mass is 10.1. The lowest BCUT2D eigenvalue weighted by molar-refractivity contribution is -0.120. The molecule has 0 aliphatic carbocycles. The number of ketones is 1. The van der Waals surface area contributed by atoms with Crippen LogP contribution in [0.5, 0.6) is 5.75 Å². The van der Waals surface area contributed by atoms with Crippen LogP contribution in [0, 0.1) is 0 Å². The van der Waals surface area contributed by atoms with E-state index in [1.807, 2.05) is 31.2 Å². The van der Waals surface area contributed by atoms with E-state index in [1.54, 1.807) is 7.11 Å². The molecule has 0 saturated heterocycles. The number of ether oxygens (including phenoxy) is 2. The summed E-state index contributed by atoms with van der Waals surface area (Å²) in [5, 5.41) is 0. The average molecular weight is 236 g/mol. The smallest absolute Gasteiger partial charge is 0.135 e. The predicted molar refractivity (Wildman–Crippen MR) is 67.4 cm³/mol. The molecule has 3 heteroatoms. The number of benzene rings is 1. The van der Waals surface area contributed by atoms with Gasteiger partial charge in [0.2, 0.25) is 0 Å². The first kappa shape index (κ1) is 13.7. The molecule has 17 heavy (non-hydrogen) atoms. The minimum absolute atomic E-state index is 0.259. The van der Waals surface area contributed by atoms with Crippen LogP contribution < -0.4 is 4.74 Å². The van der Waals surface area contributed by atoms with Gasteiger partial charge < -0.3 is 9.47 Å². The monoisotopic (exact) mass is 236 g/mol. The minimum atomic E-state index is 0.259. The summed E-state index contributed by atoms with van der Waals surface area (Å²) in [5.74, 6) is 1.10. The Kier molecular flexibility index (Phi) is 6.33. The fourth-order valence-corrected chi connectivity index (χ4v) is 1.53. The number of hydrogen-bond acceptors (Lipinski definition) is 3. The van der Waals surface area contributed by atoms with E-state index >= 15 is 0 Å². The lowest BCUT2D eigenvalue weighted by Gasteiger charge is -2.03. The van der Waals surface area contributed by atoms with Crippen molar-refractivity contribution in [1.29, 1.82) is 0 Å². The van der Waals surface area contributed by atoms with E-state index in [0.717, 1.165) is 17.7 Å². The van der Waals surface area contributed by atoms with Crippen molar-refractivity contribution in [3.05, 3.63) is 29.8 Å². The number of methoxy groups -OCH3 is 1. The Bertz CT molecular complexity index is 330. The van der Waals surface area contributed by atoms with Crippen LogP contribution >= 0.6 is 0 Å². The minimum Gasteiger partial charge on any atom is -0.497 e. The molecule has 94 valence electrons. The molecule has 0 saturated carbocycles. The van der Waals surface area contributed by atoms with Crippen molar-refractivity contribution in [3.8, 4) is 5.75 Å². The van der Waals surface area contributed by atoms with E-state index in [4.69, 9.17) is 9.47 Å². The first-order valence-electron chi connectivity index (χ1n) is 5.98. The third-order valence-electron chi connectivity index (χ3n) is 2.58. The number of carbonyl (C=O) groups excluding carboxylic acids is 1. The number of Topliss-reactive ketones (excluding diaryl/α,β-unsaturated/α-hetero) is 1. The maximum atomic E-state index is 11.5. The summed E-state index contributed by atoms with van der Waals surface area (Å²) < 4.78 is 10.2. The zero-order valence-corrected chi connectivity index (χ0v) is 10.6. The molecule has 1 aromatic carbocycles.